The van der Waals surface area contributed by atoms with E-state index < -0.39 is 0 Å². The van der Waals surface area contributed by atoms with Gasteiger partial charge in [0.1, 0.15) is 11.9 Å². The number of rotatable bonds is 3. The summed E-state index contributed by atoms with van der Waals surface area (Å²) in [6, 6.07) is 10.3. The number of pyridine rings is 1. The molecule has 0 aliphatic rings. The third kappa shape index (κ3) is 2.94. The Hall–Kier alpha value is -2.41. The lowest BCUT2D eigenvalue weighted by molar-refractivity contribution is 0.623. The summed E-state index contributed by atoms with van der Waals surface area (Å²) >= 11 is 0. The minimum Gasteiger partial charge on any atom is -0.377 e. The number of hydrogen-bond donors (Lipinski definition) is 1. The topological polar surface area (TPSA) is 48.7 Å². The Morgan fingerprint density at radius 1 is 1.30 bits per heavy atom. The predicted molar refractivity (Wildman–Crippen MR) is 76.9 cm³/mol. The normalized spacial score (nSPS) is 11.8. The van der Waals surface area contributed by atoms with Crippen LogP contribution in [-0.4, -0.2) is 4.98 Å². The Labute approximate surface area is 118 Å². The number of nitrogens with one attached hydrogen (secondary N) is 1. The van der Waals surface area contributed by atoms with E-state index in [0.29, 0.717) is 11.3 Å². The number of aromatic nitrogens is 1. The number of benzene rings is 1. The maximum atomic E-state index is 13.2. The summed E-state index contributed by atoms with van der Waals surface area (Å²) in [7, 11) is 0. The first-order valence-corrected chi connectivity index (χ1v) is 6.41. The van der Waals surface area contributed by atoms with Crippen molar-refractivity contribution in [1.82, 2.24) is 4.98 Å². The molecule has 1 atom stereocenters. The molecule has 0 saturated carbocycles. The van der Waals surface area contributed by atoms with E-state index in [4.69, 9.17) is 0 Å². The fraction of sp³-hybridized carbons (Fsp3) is 0.250. The Kier molecular flexibility index (Phi) is 3.99. The average molecular weight is 269 g/mol. The van der Waals surface area contributed by atoms with Gasteiger partial charge in [-0.3, -0.25) is 4.98 Å². The first-order chi connectivity index (χ1) is 9.51. The van der Waals surface area contributed by atoms with Crippen LogP contribution >= 0.6 is 0 Å². The van der Waals surface area contributed by atoms with Crippen LogP contribution in [0.25, 0.3) is 0 Å². The van der Waals surface area contributed by atoms with Crippen LogP contribution in [0.3, 0.4) is 0 Å². The van der Waals surface area contributed by atoms with E-state index in [1.807, 2.05) is 32.9 Å². The van der Waals surface area contributed by atoms with Gasteiger partial charge in [0.05, 0.1) is 16.9 Å². The fourth-order valence-electron chi connectivity index (χ4n) is 2.18. The Bertz CT molecular complexity index is 674. The second-order valence-electron chi connectivity index (χ2n) is 4.80. The second-order valence-corrected chi connectivity index (χ2v) is 4.80. The largest absolute Gasteiger partial charge is 0.377 e. The Morgan fingerprint density at radius 2 is 2.05 bits per heavy atom. The Balaban J connectivity index is 2.33. The summed E-state index contributed by atoms with van der Waals surface area (Å²) < 4.78 is 13.2. The lowest BCUT2D eigenvalue weighted by Gasteiger charge is -2.18. The molecular weight excluding hydrogens is 253 g/mol. The Morgan fingerprint density at radius 3 is 2.70 bits per heavy atom. The van der Waals surface area contributed by atoms with Crippen LogP contribution in [-0.2, 0) is 0 Å². The standard InChI is InChI=1S/C16H16FN3/c1-10-7-16(15(9-18)12(3)19-10)20-11(2)13-5-4-6-14(17)8-13/h4-8,11H,1-3H3,(H,19,20). The maximum absolute atomic E-state index is 13.2. The zero-order valence-corrected chi connectivity index (χ0v) is 11.7. The number of aryl methyl sites for hydroxylation is 2. The van der Waals surface area contributed by atoms with E-state index in [-0.39, 0.29) is 11.9 Å². The molecule has 1 aromatic heterocycles. The van der Waals surface area contributed by atoms with Gasteiger partial charge in [0.25, 0.3) is 0 Å². The average Bonchev–Trinajstić information content (AvgIpc) is 2.38. The van der Waals surface area contributed by atoms with Crippen molar-refractivity contribution in [3.05, 3.63) is 58.7 Å². The molecule has 1 N–H and O–H groups in total. The molecular formula is C16H16FN3. The van der Waals surface area contributed by atoms with Gasteiger partial charge in [-0.1, -0.05) is 12.1 Å². The molecule has 1 unspecified atom stereocenters. The SMILES string of the molecule is Cc1cc(NC(C)c2cccc(F)c2)c(C#N)c(C)n1. The van der Waals surface area contributed by atoms with Crippen molar-refractivity contribution in [2.45, 2.75) is 26.8 Å². The minimum atomic E-state index is -0.265. The molecule has 0 fully saturated rings. The van der Waals surface area contributed by atoms with Crippen molar-refractivity contribution in [2.75, 3.05) is 5.32 Å². The van der Waals surface area contributed by atoms with E-state index in [2.05, 4.69) is 16.4 Å². The predicted octanol–water partition coefficient (Wildman–Crippen LogP) is 3.88. The zero-order valence-electron chi connectivity index (χ0n) is 11.7. The van der Waals surface area contributed by atoms with Crippen molar-refractivity contribution in [1.29, 1.82) is 5.26 Å². The quantitative estimate of drug-likeness (QED) is 0.919. The van der Waals surface area contributed by atoms with E-state index in [9.17, 15) is 9.65 Å². The highest BCUT2D eigenvalue weighted by molar-refractivity contribution is 5.60. The molecule has 0 bridgehead atoms. The van der Waals surface area contributed by atoms with E-state index >= 15 is 0 Å². The number of anilines is 1. The second kappa shape index (κ2) is 5.70. The first kappa shape index (κ1) is 14.0. The summed E-state index contributed by atoms with van der Waals surface area (Å²) in [6.07, 6.45) is 0. The molecule has 0 radical (unpaired) electrons. The summed E-state index contributed by atoms with van der Waals surface area (Å²) in [4.78, 5) is 4.28. The highest BCUT2D eigenvalue weighted by atomic mass is 19.1. The molecule has 4 heteroatoms. The van der Waals surface area contributed by atoms with Crippen LogP contribution in [0, 0.1) is 31.0 Å². The lowest BCUT2D eigenvalue weighted by Crippen LogP contribution is -2.09. The smallest absolute Gasteiger partial charge is 0.123 e. The van der Waals surface area contributed by atoms with Gasteiger partial charge in [0.15, 0.2) is 0 Å². The van der Waals surface area contributed by atoms with E-state index in [1.54, 1.807) is 6.07 Å². The number of nitriles is 1. The lowest BCUT2D eigenvalue weighted by atomic mass is 10.1. The van der Waals surface area contributed by atoms with Crippen molar-refractivity contribution < 1.29 is 4.39 Å². The van der Waals surface area contributed by atoms with Crippen molar-refractivity contribution in [3.63, 3.8) is 0 Å². The van der Waals surface area contributed by atoms with E-state index in [0.717, 1.165) is 16.9 Å². The molecule has 102 valence electrons. The van der Waals surface area contributed by atoms with Crippen LogP contribution in [0.1, 0.15) is 35.5 Å². The van der Waals surface area contributed by atoms with Crippen molar-refractivity contribution in [3.8, 4) is 6.07 Å². The van der Waals surface area contributed by atoms with Crippen LogP contribution in [0.2, 0.25) is 0 Å². The molecule has 0 saturated heterocycles. The highest BCUT2D eigenvalue weighted by Gasteiger charge is 2.12. The van der Waals surface area contributed by atoms with Gasteiger partial charge >= 0.3 is 0 Å². The third-order valence-corrected chi connectivity index (χ3v) is 3.16. The summed E-state index contributed by atoms with van der Waals surface area (Å²) in [5, 5.41) is 12.5. The van der Waals surface area contributed by atoms with Gasteiger partial charge in [0, 0.05) is 11.7 Å². The van der Waals surface area contributed by atoms with E-state index in [1.165, 1.54) is 12.1 Å². The van der Waals surface area contributed by atoms with Gasteiger partial charge in [-0.2, -0.15) is 5.26 Å². The highest BCUT2D eigenvalue weighted by Crippen LogP contribution is 2.24. The summed E-state index contributed by atoms with van der Waals surface area (Å²) in [6.45, 7) is 5.62. The van der Waals surface area contributed by atoms with Crippen LogP contribution < -0.4 is 5.32 Å². The van der Waals surface area contributed by atoms with Gasteiger partial charge in [-0.05, 0) is 44.5 Å². The van der Waals surface area contributed by atoms with Gasteiger partial charge < -0.3 is 5.32 Å². The molecule has 0 aliphatic heterocycles. The van der Waals surface area contributed by atoms with Gasteiger partial charge in [-0.25, -0.2) is 4.39 Å². The molecule has 1 heterocycles. The zero-order chi connectivity index (χ0) is 14.7. The number of hydrogen-bond acceptors (Lipinski definition) is 3. The maximum Gasteiger partial charge on any atom is 0.123 e. The molecule has 0 amide bonds. The molecule has 3 nitrogen and oxygen atoms in total. The first-order valence-electron chi connectivity index (χ1n) is 6.41. The van der Waals surface area contributed by atoms with Crippen LogP contribution in [0.5, 0.6) is 0 Å². The molecule has 2 rings (SSSR count). The van der Waals surface area contributed by atoms with Crippen LogP contribution in [0.15, 0.2) is 30.3 Å². The molecule has 1 aromatic carbocycles. The van der Waals surface area contributed by atoms with Crippen molar-refractivity contribution >= 4 is 5.69 Å². The van der Waals surface area contributed by atoms with Crippen LogP contribution in [0.4, 0.5) is 10.1 Å². The minimum absolute atomic E-state index is 0.0981. The molecule has 20 heavy (non-hydrogen) atoms. The number of halogens is 1. The summed E-state index contributed by atoms with van der Waals surface area (Å²) in [5.41, 5.74) is 3.63. The number of nitrogens with zero attached hydrogens (tertiary/aromatic N) is 2. The van der Waals surface area contributed by atoms with Gasteiger partial charge in [-0.15, -0.1) is 0 Å². The fourth-order valence-corrected chi connectivity index (χ4v) is 2.18. The van der Waals surface area contributed by atoms with Gasteiger partial charge in [0.2, 0.25) is 0 Å². The van der Waals surface area contributed by atoms with Crippen molar-refractivity contribution in [2.24, 2.45) is 0 Å². The monoisotopic (exact) mass is 269 g/mol. The molecule has 0 spiro atoms. The molecule has 2 aromatic rings. The third-order valence-electron chi connectivity index (χ3n) is 3.16. The molecule has 0 aliphatic carbocycles. The summed E-state index contributed by atoms with van der Waals surface area (Å²) in [5.74, 6) is -0.265.